The molecule has 0 radical (unpaired) electrons. The number of hydrogen-bond donors (Lipinski definition) is 2. The van der Waals surface area contributed by atoms with Gasteiger partial charge < -0.3 is 10.4 Å². The number of aliphatic carboxylic acids is 1. The van der Waals surface area contributed by atoms with Crippen LogP contribution in [0.4, 0.5) is 0 Å². The quantitative estimate of drug-likeness (QED) is 0.694. The minimum absolute atomic E-state index is 0.0240. The molecule has 0 aliphatic heterocycles. The average Bonchev–Trinajstić information content (AvgIpc) is 2.01. The Morgan fingerprint density at radius 1 is 1.50 bits per heavy atom. The van der Waals surface area contributed by atoms with Crippen molar-refractivity contribution in [2.45, 2.75) is 32.6 Å². The fraction of sp³-hybridized carbons (Fsp3) is 0.800. The molecule has 14 heavy (non-hydrogen) atoms. The number of rotatable bonds is 5. The van der Waals surface area contributed by atoms with Crippen molar-refractivity contribution in [3.8, 4) is 0 Å². The van der Waals surface area contributed by atoms with Crippen LogP contribution >= 0.6 is 0 Å². The number of nitrogens with one attached hydrogen (secondary N) is 1. The first-order chi connectivity index (χ1) is 6.65. The van der Waals surface area contributed by atoms with Gasteiger partial charge >= 0.3 is 5.97 Å². The molecule has 0 spiro atoms. The van der Waals surface area contributed by atoms with Crippen LogP contribution < -0.4 is 5.32 Å². The van der Waals surface area contributed by atoms with Gasteiger partial charge in [-0.1, -0.05) is 13.3 Å². The number of carboxylic acids is 1. The summed E-state index contributed by atoms with van der Waals surface area (Å²) in [4.78, 5) is 22.0. The summed E-state index contributed by atoms with van der Waals surface area (Å²) in [5, 5.41) is 11.4. The minimum Gasteiger partial charge on any atom is -0.481 e. The van der Waals surface area contributed by atoms with E-state index in [1.165, 1.54) is 0 Å². The summed E-state index contributed by atoms with van der Waals surface area (Å²) in [6, 6.07) is 0. The molecule has 0 aromatic rings. The molecule has 4 heteroatoms. The van der Waals surface area contributed by atoms with Gasteiger partial charge in [-0.25, -0.2) is 0 Å². The Kier molecular flexibility index (Phi) is 3.92. The summed E-state index contributed by atoms with van der Waals surface area (Å²) in [7, 11) is 0. The van der Waals surface area contributed by atoms with Gasteiger partial charge in [0.1, 0.15) is 0 Å². The van der Waals surface area contributed by atoms with E-state index in [2.05, 4.69) is 5.32 Å². The molecule has 80 valence electrons. The number of carbonyl (C=O) groups excluding carboxylic acids is 1. The van der Waals surface area contributed by atoms with Crippen LogP contribution in [0.15, 0.2) is 0 Å². The topological polar surface area (TPSA) is 66.4 Å². The Morgan fingerprint density at radius 2 is 2.14 bits per heavy atom. The summed E-state index contributed by atoms with van der Waals surface area (Å²) >= 11 is 0. The van der Waals surface area contributed by atoms with Gasteiger partial charge in [0.15, 0.2) is 0 Å². The smallest absolute Gasteiger partial charge is 0.308 e. The molecule has 2 N–H and O–H groups in total. The summed E-state index contributed by atoms with van der Waals surface area (Å²) in [5.41, 5.74) is 0. The molecule has 1 unspecified atom stereocenters. The minimum atomic E-state index is -0.832. The van der Waals surface area contributed by atoms with Crippen molar-refractivity contribution in [2.75, 3.05) is 6.54 Å². The van der Waals surface area contributed by atoms with E-state index in [0.29, 0.717) is 6.42 Å². The number of amides is 1. The van der Waals surface area contributed by atoms with E-state index in [1.807, 2.05) is 6.92 Å². The maximum Gasteiger partial charge on any atom is 0.308 e. The second kappa shape index (κ2) is 4.98. The predicted molar refractivity (Wildman–Crippen MR) is 51.8 cm³/mol. The Hall–Kier alpha value is -1.06. The van der Waals surface area contributed by atoms with E-state index in [9.17, 15) is 9.59 Å². The molecular weight excluding hydrogens is 182 g/mol. The maximum atomic E-state index is 11.4. The van der Waals surface area contributed by atoms with Crippen LogP contribution in [-0.4, -0.2) is 23.5 Å². The van der Waals surface area contributed by atoms with Gasteiger partial charge in [0.2, 0.25) is 5.91 Å². The molecule has 0 bridgehead atoms. The standard InChI is InChI=1S/C10H17NO3/c1-2-7(10(13)14)6-11-9(12)8-4-3-5-8/h7-8H,2-6H2,1H3,(H,11,12)(H,13,14). The van der Waals surface area contributed by atoms with Crippen molar-refractivity contribution in [3.63, 3.8) is 0 Å². The molecular formula is C10H17NO3. The fourth-order valence-corrected chi connectivity index (χ4v) is 1.44. The lowest BCUT2D eigenvalue weighted by Crippen LogP contribution is -2.38. The molecule has 1 fully saturated rings. The molecule has 0 aromatic carbocycles. The Morgan fingerprint density at radius 3 is 2.50 bits per heavy atom. The van der Waals surface area contributed by atoms with E-state index in [1.54, 1.807) is 0 Å². The summed E-state index contributed by atoms with van der Waals surface area (Å²) in [6.07, 6.45) is 3.58. The van der Waals surface area contributed by atoms with Crippen LogP contribution in [0.2, 0.25) is 0 Å². The molecule has 1 saturated carbocycles. The van der Waals surface area contributed by atoms with E-state index >= 15 is 0 Å². The molecule has 1 aliphatic carbocycles. The third-order valence-electron chi connectivity index (χ3n) is 2.84. The zero-order valence-corrected chi connectivity index (χ0v) is 8.45. The third-order valence-corrected chi connectivity index (χ3v) is 2.84. The Balaban J connectivity index is 2.23. The lowest BCUT2D eigenvalue weighted by molar-refractivity contribution is -0.141. The van der Waals surface area contributed by atoms with Crippen LogP contribution in [0.3, 0.4) is 0 Å². The molecule has 0 saturated heterocycles. The lowest BCUT2D eigenvalue weighted by atomic mass is 9.85. The zero-order valence-electron chi connectivity index (χ0n) is 8.45. The van der Waals surface area contributed by atoms with Gasteiger partial charge in [-0.3, -0.25) is 9.59 Å². The van der Waals surface area contributed by atoms with E-state index in [-0.39, 0.29) is 18.4 Å². The highest BCUT2D eigenvalue weighted by Gasteiger charge is 2.26. The van der Waals surface area contributed by atoms with Gasteiger partial charge in [0, 0.05) is 12.5 Å². The van der Waals surface area contributed by atoms with E-state index < -0.39 is 11.9 Å². The first kappa shape index (κ1) is 11.0. The largest absolute Gasteiger partial charge is 0.481 e. The number of carboxylic acid groups (broad SMARTS) is 1. The van der Waals surface area contributed by atoms with Crippen molar-refractivity contribution in [3.05, 3.63) is 0 Å². The molecule has 1 rings (SSSR count). The lowest BCUT2D eigenvalue weighted by Gasteiger charge is -2.24. The summed E-state index contributed by atoms with van der Waals surface area (Å²) in [6.45, 7) is 2.08. The zero-order chi connectivity index (χ0) is 10.6. The van der Waals surface area contributed by atoms with Crippen LogP contribution in [0.1, 0.15) is 32.6 Å². The van der Waals surface area contributed by atoms with Gasteiger partial charge in [0.05, 0.1) is 5.92 Å². The van der Waals surface area contributed by atoms with Crippen molar-refractivity contribution >= 4 is 11.9 Å². The van der Waals surface area contributed by atoms with Gasteiger partial charge in [-0.15, -0.1) is 0 Å². The monoisotopic (exact) mass is 199 g/mol. The molecule has 0 heterocycles. The van der Waals surface area contributed by atoms with Crippen molar-refractivity contribution in [1.29, 1.82) is 0 Å². The van der Waals surface area contributed by atoms with Crippen LogP contribution in [0.25, 0.3) is 0 Å². The van der Waals surface area contributed by atoms with E-state index in [4.69, 9.17) is 5.11 Å². The Bertz CT molecular complexity index is 223. The Labute approximate surface area is 83.7 Å². The SMILES string of the molecule is CCC(CNC(=O)C1CCC1)C(=O)O. The average molecular weight is 199 g/mol. The fourth-order valence-electron chi connectivity index (χ4n) is 1.44. The first-order valence-corrected chi connectivity index (χ1v) is 5.15. The van der Waals surface area contributed by atoms with Crippen LogP contribution in [-0.2, 0) is 9.59 Å². The highest BCUT2D eigenvalue weighted by molar-refractivity contribution is 5.80. The summed E-state index contributed by atoms with van der Waals surface area (Å²) in [5.74, 6) is -1.11. The number of hydrogen-bond acceptors (Lipinski definition) is 2. The highest BCUT2D eigenvalue weighted by Crippen LogP contribution is 2.26. The molecule has 1 atom stereocenters. The third kappa shape index (κ3) is 2.72. The summed E-state index contributed by atoms with van der Waals surface area (Å²) < 4.78 is 0. The van der Waals surface area contributed by atoms with Crippen LogP contribution in [0, 0.1) is 11.8 Å². The second-order valence-electron chi connectivity index (χ2n) is 3.82. The van der Waals surface area contributed by atoms with Gasteiger partial charge in [-0.2, -0.15) is 0 Å². The second-order valence-corrected chi connectivity index (χ2v) is 3.82. The first-order valence-electron chi connectivity index (χ1n) is 5.15. The van der Waals surface area contributed by atoms with Crippen molar-refractivity contribution < 1.29 is 14.7 Å². The maximum absolute atomic E-state index is 11.4. The van der Waals surface area contributed by atoms with Crippen molar-refractivity contribution in [2.24, 2.45) is 11.8 Å². The molecule has 1 amide bonds. The predicted octanol–water partition coefficient (Wildman–Crippen LogP) is 1.01. The van der Waals surface area contributed by atoms with Crippen molar-refractivity contribution in [1.82, 2.24) is 5.32 Å². The van der Waals surface area contributed by atoms with Crippen LogP contribution in [0.5, 0.6) is 0 Å². The molecule has 4 nitrogen and oxygen atoms in total. The van der Waals surface area contributed by atoms with E-state index in [0.717, 1.165) is 19.3 Å². The number of carbonyl (C=O) groups is 2. The molecule has 0 aromatic heterocycles. The highest BCUT2D eigenvalue weighted by atomic mass is 16.4. The van der Waals surface area contributed by atoms with Gasteiger partial charge in [-0.05, 0) is 19.3 Å². The normalized spacial score (nSPS) is 18.4. The van der Waals surface area contributed by atoms with Gasteiger partial charge in [0.25, 0.3) is 0 Å². The molecule has 1 aliphatic rings.